The van der Waals surface area contributed by atoms with E-state index in [1.165, 1.54) is 13.2 Å². The molecule has 1 atom stereocenters. The number of rotatable bonds is 5. The van der Waals surface area contributed by atoms with Gasteiger partial charge in [-0.2, -0.15) is 0 Å². The molecule has 0 saturated carbocycles. The Bertz CT molecular complexity index is 1160. The molecule has 0 aromatic heterocycles. The average molecular weight is 488 g/mol. The van der Waals surface area contributed by atoms with E-state index in [2.05, 4.69) is 5.32 Å². The minimum atomic E-state index is -0.695. The molecular formula is C24H23Cl2N3O4. The van der Waals surface area contributed by atoms with Gasteiger partial charge in [-0.15, -0.1) is 0 Å². The predicted molar refractivity (Wildman–Crippen MR) is 128 cm³/mol. The molecule has 0 aliphatic carbocycles. The summed E-state index contributed by atoms with van der Waals surface area (Å²) in [6.45, 7) is 2.77. The molecule has 0 bridgehead atoms. The molecule has 9 heteroatoms. The molecule has 2 aliphatic heterocycles. The predicted octanol–water partition coefficient (Wildman–Crippen LogP) is 4.80. The third kappa shape index (κ3) is 4.43. The van der Waals surface area contributed by atoms with Gasteiger partial charge in [-0.05, 0) is 62.6 Å². The van der Waals surface area contributed by atoms with Crippen LogP contribution in [0.1, 0.15) is 36.5 Å². The first-order chi connectivity index (χ1) is 15.8. The van der Waals surface area contributed by atoms with Crippen molar-refractivity contribution >= 4 is 52.3 Å². The molecule has 2 heterocycles. The maximum absolute atomic E-state index is 13.1. The molecular weight excluding hydrogens is 465 g/mol. The average Bonchev–Trinajstić information content (AvgIpc) is 3.02. The first-order valence-corrected chi connectivity index (χ1v) is 11.4. The summed E-state index contributed by atoms with van der Waals surface area (Å²) < 4.78 is 5.28. The highest BCUT2D eigenvalue weighted by molar-refractivity contribution is 6.53. The maximum Gasteiger partial charge on any atom is 0.283 e. The number of likely N-dealkylation sites (tertiary alicyclic amines) is 1. The molecule has 1 fully saturated rings. The molecule has 7 nitrogen and oxygen atoms in total. The lowest BCUT2D eigenvalue weighted by atomic mass is 10.0. The minimum Gasteiger partial charge on any atom is -0.495 e. The summed E-state index contributed by atoms with van der Waals surface area (Å²) in [6.07, 6.45) is 3.07. The number of carbonyl (C=O) groups excluding carboxylic acids is 3. The smallest absolute Gasteiger partial charge is 0.283 e. The molecule has 3 amide bonds. The van der Waals surface area contributed by atoms with Gasteiger partial charge in [-0.3, -0.25) is 14.4 Å². The van der Waals surface area contributed by atoms with Crippen LogP contribution in [-0.2, 0) is 9.59 Å². The lowest BCUT2D eigenvalue weighted by Crippen LogP contribution is -2.42. The summed E-state index contributed by atoms with van der Waals surface area (Å²) >= 11 is 12.3. The Labute approximate surface area is 201 Å². The van der Waals surface area contributed by atoms with E-state index in [9.17, 15) is 14.4 Å². The van der Waals surface area contributed by atoms with Crippen LogP contribution < -0.4 is 15.0 Å². The fourth-order valence-electron chi connectivity index (χ4n) is 4.11. The Morgan fingerprint density at radius 3 is 2.61 bits per heavy atom. The van der Waals surface area contributed by atoms with Crippen LogP contribution in [0.25, 0.3) is 0 Å². The normalized spacial score (nSPS) is 18.7. The number of piperidine rings is 1. The van der Waals surface area contributed by atoms with Gasteiger partial charge in [0.1, 0.15) is 16.5 Å². The van der Waals surface area contributed by atoms with E-state index < -0.39 is 11.8 Å². The molecule has 0 spiro atoms. The number of hydrogen-bond acceptors (Lipinski definition) is 5. The SMILES string of the molecule is COc1ccc(Cl)cc1N1C(=O)C(Cl)=C(Nc2cccc(C(=O)N3CCCCC3C)c2)C1=O. The van der Waals surface area contributed by atoms with Gasteiger partial charge in [-0.25, -0.2) is 4.90 Å². The molecule has 1 N–H and O–H groups in total. The zero-order valence-electron chi connectivity index (χ0n) is 18.2. The summed E-state index contributed by atoms with van der Waals surface area (Å²) in [7, 11) is 1.43. The molecule has 1 saturated heterocycles. The Morgan fingerprint density at radius 2 is 1.88 bits per heavy atom. The van der Waals surface area contributed by atoms with E-state index in [0.29, 0.717) is 22.0 Å². The Balaban J connectivity index is 1.59. The van der Waals surface area contributed by atoms with Crippen molar-refractivity contribution in [1.82, 2.24) is 4.90 Å². The van der Waals surface area contributed by atoms with Crippen LogP contribution in [0.2, 0.25) is 5.02 Å². The number of anilines is 2. The highest BCUT2D eigenvalue weighted by atomic mass is 35.5. The van der Waals surface area contributed by atoms with Crippen molar-refractivity contribution < 1.29 is 19.1 Å². The molecule has 1 unspecified atom stereocenters. The van der Waals surface area contributed by atoms with Gasteiger partial charge in [0.15, 0.2) is 0 Å². The zero-order valence-corrected chi connectivity index (χ0v) is 19.7. The molecule has 0 radical (unpaired) electrons. The Kier molecular flexibility index (Phi) is 6.63. The summed E-state index contributed by atoms with van der Waals surface area (Å²) in [5.41, 5.74) is 1.08. The number of benzene rings is 2. The van der Waals surface area contributed by atoms with E-state index in [-0.39, 0.29) is 28.4 Å². The van der Waals surface area contributed by atoms with E-state index >= 15 is 0 Å². The number of amides is 3. The molecule has 2 aromatic rings. The van der Waals surface area contributed by atoms with E-state index in [4.69, 9.17) is 27.9 Å². The first-order valence-electron chi connectivity index (χ1n) is 10.6. The molecule has 172 valence electrons. The van der Waals surface area contributed by atoms with Crippen LogP contribution in [0.3, 0.4) is 0 Å². The van der Waals surface area contributed by atoms with E-state index in [1.54, 1.807) is 36.4 Å². The highest BCUT2D eigenvalue weighted by Crippen LogP contribution is 2.37. The van der Waals surface area contributed by atoms with Crippen molar-refractivity contribution in [1.29, 1.82) is 0 Å². The van der Waals surface area contributed by atoms with Gasteiger partial charge in [-0.1, -0.05) is 29.3 Å². The Morgan fingerprint density at radius 1 is 1.09 bits per heavy atom. The maximum atomic E-state index is 13.1. The van der Waals surface area contributed by atoms with Crippen LogP contribution in [-0.4, -0.2) is 42.3 Å². The van der Waals surface area contributed by atoms with E-state index in [1.807, 2.05) is 11.8 Å². The van der Waals surface area contributed by atoms with Crippen LogP contribution >= 0.6 is 23.2 Å². The quantitative estimate of drug-likeness (QED) is 0.612. The summed E-state index contributed by atoms with van der Waals surface area (Å²) in [5.74, 6) is -1.11. The lowest BCUT2D eigenvalue weighted by molar-refractivity contribution is -0.120. The molecule has 4 rings (SSSR count). The van der Waals surface area contributed by atoms with Gasteiger partial charge >= 0.3 is 0 Å². The lowest BCUT2D eigenvalue weighted by Gasteiger charge is -2.33. The largest absolute Gasteiger partial charge is 0.495 e. The zero-order chi connectivity index (χ0) is 23.7. The van der Waals surface area contributed by atoms with Crippen LogP contribution in [0.4, 0.5) is 11.4 Å². The van der Waals surface area contributed by atoms with Crippen LogP contribution in [0.5, 0.6) is 5.75 Å². The fourth-order valence-corrected chi connectivity index (χ4v) is 4.49. The van der Waals surface area contributed by atoms with Gasteiger partial charge in [0.05, 0.1) is 12.8 Å². The third-order valence-electron chi connectivity index (χ3n) is 5.85. The number of methoxy groups -OCH3 is 1. The number of ether oxygens (including phenoxy) is 1. The number of imide groups is 1. The highest BCUT2D eigenvalue weighted by Gasteiger charge is 2.40. The number of halogens is 2. The molecule has 2 aliphatic rings. The number of carbonyl (C=O) groups is 3. The second-order valence-electron chi connectivity index (χ2n) is 8.00. The van der Waals surface area contributed by atoms with Gasteiger partial charge in [0, 0.05) is 28.9 Å². The van der Waals surface area contributed by atoms with Crippen molar-refractivity contribution in [3.63, 3.8) is 0 Å². The number of hydrogen-bond donors (Lipinski definition) is 1. The minimum absolute atomic E-state index is 0.0648. The monoisotopic (exact) mass is 487 g/mol. The number of nitrogens with one attached hydrogen (secondary N) is 1. The standard InChI is InChI=1S/C24H23Cl2N3O4/c1-14-6-3-4-11-28(14)22(30)15-7-5-8-17(12-15)27-21-20(26)23(31)29(24(21)32)18-13-16(25)9-10-19(18)33-2/h5,7-10,12-14,27H,3-4,6,11H2,1-2H3. The van der Waals surface area contributed by atoms with E-state index in [0.717, 1.165) is 30.7 Å². The summed E-state index contributed by atoms with van der Waals surface area (Å²) in [4.78, 5) is 41.8. The molecule has 33 heavy (non-hydrogen) atoms. The fraction of sp³-hybridized carbons (Fsp3) is 0.292. The first kappa shape index (κ1) is 23.1. The second-order valence-corrected chi connectivity index (χ2v) is 8.81. The van der Waals surface area contributed by atoms with Gasteiger partial charge < -0.3 is 15.0 Å². The van der Waals surface area contributed by atoms with Crippen LogP contribution in [0.15, 0.2) is 53.2 Å². The second kappa shape index (κ2) is 9.45. The topological polar surface area (TPSA) is 79.0 Å². The van der Waals surface area contributed by atoms with Crippen LogP contribution in [0, 0.1) is 0 Å². The van der Waals surface area contributed by atoms with Gasteiger partial charge in [0.2, 0.25) is 0 Å². The molecule has 2 aromatic carbocycles. The van der Waals surface area contributed by atoms with Crippen molar-refractivity contribution in [2.75, 3.05) is 23.9 Å². The van der Waals surface area contributed by atoms with Crippen molar-refractivity contribution in [2.24, 2.45) is 0 Å². The Hall–Kier alpha value is -3.03. The third-order valence-corrected chi connectivity index (χ3v) is 6.44. The number of nitrogens with zero attached hydrogens (tertiary/aromatic N) is 2. The summed E-state index contributed by atoms with van der Waals surface area (Å²) in [6, 6.07) is 11.6. The van der Waals surface area contributed by atoms with Gasteiger partial charge in [0.25, 0.3) is 17.7 Å². The summed E-state index contributed by atoms with van der Waals surface area (Å²) in [5, 5.41) is 3.00. The van der Waals surface area contributed by atoms with Crippen molar-refractivity contribution in [3.8, 4) is 5.75 Å². The van der Waals surface area contributed by atoms with Crippen molar-refractivity contribution in [2.45, 2.75) is 32.2 Å². The van der Waals surface area contributed by atoms with Crippen molar-refractivity contribution in [3.05, 3.63) is 63.8 Å².